The second kappa shape index (κ2) is 7.97. The molecule has 0 radical (unpaired) electrons. The number of nitrogens with one attached hydrogen (secondary N) is 1. The highest BCUT2D eigenvalue weighted by Crippen LogP contribution is 2.19. The average molecular weight is 317 g/mol. The van der Waals surface area contributed by atoms with Crippen LogP contribution in [0, 0.1) is 5.92 Å². The smallest absolute Gasteiger partial charge is 0.410 e. The summed E-state index contributed by atoms with van der Waals surface area (Å²) in [4.78, 5) is 23.5. The predicted octanol–water partition coefficient (Wildman–Crippen LogP) is 2.36. The van der Waals surface area contributed by atoms with E-state index in [-0.39, 0.29) is 6.09 Å². The zero-order valence-corrected chi connectivity index (χ0v) is 13.2. The molecule has 0 aromatic heterocycles. The van der Waals surface area contributed by atoms with Gasteiger partial charge in [0.25, 0.3) is 0 Å². The first-order chi connectivity index (χ1) is 11.3. The summed E-state index contributed by atoms with van der Waals surface area (Å²) >= 11 is 0. The summed E-state index contributed by atoms with van der Waals surface area (Å²) in [7, 11) is 0. The van der Waals surface area contributed by atoms with E-state index in [9.17, 15) is 4.79 Å². The second-order valence-corrected chi connectivity index (χ2v) is 5.96. The maximum absolute atomic E-state index is 12.1. The highest BCUT2D eigenvalue weighted by atomic mass is 16.7. The van der Waals surface area contributed by atoms with Crippen molar-refractivity contribution in [3.8, 4) is 0 Å². The van der Waals surface area contributed by atoms with Crippen LogP contribution in [-0.2, 0) is 16.2 Å². The summed E-state index contributed by atoms with van der Waals surface area (Å²) in [5.74, 6) is 1.47. The van der Waals surface area contributed by atoms with Crippen molar-refractivity contribution in [2.75, 3.05) is 26.2 Å². The number of amidine groups is 1. The summed E-state index contributed by atoms with van der Waals surface area (Å²) in [5, 5.41) is 0. The Kier molecular flexibility index (Phi) is 5.47. The lowest BCUT2D eigenvalue weighted by molar-refractivity contribution is 0.0829. The molecule has 2 saturated heterocycles. The lowest BCUT2D eigenvalue weighted by Gasteiger charge is -2.30. The fraction of sp³-hybridized carbons (Fsp3) is 0.529. The monoisotopic (exact) mass is 317 g/mol. The van der Waals surface area contributed by atoms with Gasteiger partial charge in [-0.05, 0) is 24.3 Å². The number of hydroxylamine groups is 1. The molecule has 0 spiro atoms. The number of rotatable bonds is 4. The molecule has 0 unspecified atom stereocenters. The van der Waals surface area contributed by atoms with Crippen LogP contribution >= 0.6 is 0 Å². The summed E-state index contributed by atoms with van der Waals surface area (Å²) in [5.41, 5.74) is 3.83. The van der Waals surface area contributed by atoms with Crippen molar-refractivity contribution in [2.45, 2.75) is 25.9 Å². The third-order valence-electron chi connectivity index (χ3n) is 4.25. The molecule has 6 nitrogen and oxygen atoms in total. The number of ether oxygens (including phenoxy) is 1. The first kappa shape index (κ1) is 15.8. The van der Waals surface area contributed by atoms with Gasteiger partial charge in [0.05, 0.1) is 6.61 Å². The van der Waals surface area contributed by atoms with Crippen LogP contribution in [0.25, 0.3) is 0 Å². The first-order valence-corrected chi connectivity index (χ1v) is 8.18. The number of likely N-dealkylation sites (tertiary alicyclic amines) is 1. The van der Waals surface area contributed by atoms with E-state index in [2.05, 4.69) is 10.5 Å². The number of amides is 1. The highest BCUT2D eigenvalue weighted by Gasteiger charge is 2.23. The van der Waals surface area contributed by atoms with E-state index >= 15 is 0 Å². The zero-order chi connectivity index (χ0) is 15.9. The minimum absolute atomic E-state index is 0.218. The topological polar surface area (TPSA) is 63.2 Å². The zero-order valence-electron chi connectivity index (χ0n) is 13.2. The Morgan fingerprint density at radius 2 is 2.09 bits per heavy atom. The van der Waals surface area contributed by atoms with Crippen LogP contribution in [0.4, 0.5) is 4.79 Å². The van der Waals surface area contributed by atoms with Gasteiger partial charge in [0.15, 0.2) is 0 Å². The Bertz CT molecular complexity index is 531. The number of benzene rings is 1. The molecule has 1 N–H and O–H groups in total. The molecule has 2 fully saturated rings. The van der Waals surface area contributed by atoms with Gasteiger partial charge in [-0.15, -0.1) is 0 Å². The molecule has 0 bridgehead atoms. The van der Waals surface area contributed by atoms with Gasteiger partial charge in [0.1, 0.15) is 12.4 Å². The molecule has 23 heavy (non-hydrogen) atoms. The molecule has 3 rings (SSSR count). The lowest BCUT2D eigenvalue weighted by atomic mass is 9.97. The van der Waals surface area contributed by atoms with Crippen molar-refractivity contribution in [3.05, 3.63) is 35.9 Å². The third-order valence-corrected chi connectivity index (χ3v) is 4.25. The van der Waals surface area contributed by atoms with Crippen LogP contribution in [0.2, 0.25) is 0 Å². The van der Waals surface area contributed by atoms with E-state index in [1.54, 1.807) is 4.90 Å². The Morgan fingerprint density at radius 1 is 1.30 bits per heavy atom. The van der Waals surface area contributed by atoms with Gasteiger partial charge in [-0.1, -0.05) is 30.3 Å². The fourth-order valence-corrected chi connectivity index (χ4v) is 2.79. The molecule has 2 heterocycles. The molecule has 0 aliphatic carbocycles. The first-order valence-electron chi connectivity index (χ1n) is 8.18. The number of hydrogen-bond acceptors (Lipinski definition) is 4. The number of hydrogen-bond donors (Lipinski definition) is 1. The molecule has 6 heteroatoms. The molecule has 1 aromatic rings. The number of carbonyl (C=O) groups is 1. The van der Waals surface area contributed by atoms with Gasteiger partial charge < -0.3 is 9.64 Å². The Labute approximate surface area is 136 Å². The minimum Gasteiger partial charge on any atom is -0.445 e. The van der Waals surface area contributed by atoms with Crippen LogP contribution in [0.3, 0.4) is 0 Å². The Hall–Kier alpha value is -2.08. The van der Waals surface area contributed by atoms with Crippen molar-refractivity contribution >= 4 is 11.9 Å². The van der Waals surface area contributed by atoms with Crippen molar-refractivity contribution in [3.63, 3.8) is 0 Å². The number of piperidine rings is 1. The molecule has 0 saturated carbocycles. The van der Waals surface area contributed by atoms with Crippen molar-refractivity contribution in [1.82, 2.24) is 10.4 Å². The van der Waals surface area contributed by atoms with Crippen LogP contribution in [0.15, 0.2) is 35.3 Å². The second-order valence-electron chi connectivity index (χ2n) is 5.96. The SMILES string of the molecule is O=C(OCc1ccccc1)N1CCC(CN=C2CCON2)CC1. The van der Waals surface area contributed by atoms with Gasteiger partial charge >= 0.3 is 6.09 Å². The van der Waals surface area contributed by atoms with Crippen molar-refractivity contribution in [2.24, 2.45) is 10.9 Å². The maximum Gasteiger partial charge on any atom is 0.410 e. The molecular formula is C17H23N3O3. The van der Waals surface area contributed by atoms with Crippen LogP contribution in [0.5, 0.6) is 0 Å². The van der Waals surface area contributed by atoms with E-state index in [4.69, 9.17) is 9.57 Å². The van der Waals surface area contributed by atoms with E-state index in [1.165, 1.54) is 0 Å². The number of carbonyl (C=O) groups excluding carboxylic acids is 1. The van der Waals surface area contributed by atoms with E-state index < -0.39 is 0 Å². The maximum atomic E-state index is 12.1. The standard InChI is InChI=1S/C17H23N3O3/c21-17(22-13-15-4-2-1-3-5-15)20-9-6-14(7-10-20)12-18-16-8-11-23-19-16/h1-5,14H,6-13H2,(H,18,19). The van der Waals surface area contributed by atoms with Crippen LogP contribution < -0.4 is 5.48 Å². The van der Waals surface area contributed by atoms with Crippen molar-refractivity contribution < 1.29 is 14.4 Å². The normalized spacial score (nSPS) is 20.5. The van der Waals surface area contributed by atoms with E-state index in [0.29, 0.717) is 19.1 Å². The van der Waals surface area contributed by atoms with E-state index in [1.807, 2.05) is 30.3 Å². The van der Waals surface area contributed by atoms with Gasteiger partial charge in [0, 0.05) is 26.1 Å². The predicted molar refractivity (Wildman–Crippen MR) is 86.9 cm³/mol. The average Bonchev–Trinajstić information content (AvgIpc) is 3.13. The quantitative estimate of drug-likeness (QED) is 0.926. The van der Waals surface area contributed by atoms with E-state index in [0.717, 1.165) is 50.3 Å². The fourth-order valence-electron chi connectivity index (χ4n) is 2.79. The lowest BCUT2D eigenvalue weighted by Crippen LogP contribution is -2.39. The summed E-state index contributed by atoms with van der Waals surface area (Å²) in [6.07, 6.45) is 2.59. The minimum atomic E-state index is -0.218. The summed E-state index contributed by atoms with van der Waals surface area (Å²) in [6, 6.07) is 9.76. The number of aliphatic imine (C=N–C) groups is 1. The highest BCUT2D eigenvalue weighted by molar-refractivity contribution is 5.82. The molecule has 1 aromatic carbocycles. The van der Waals surface area contributed by atoms with Gasteiger partial charge in [-0.25, -0.2) is 4.79 Å². The molecular weight excluding hydrogens is 294 g/mol. The van der Waals surface area contributed by atoms with Crippen LogP contribution in [-0.4, -0.2) is 43.1 Å². The molecule has 124 valence electrons. The van der Waals surface area contributed by atoms with Crippen LogP contribution in [0.1, 0.15) is 24.8 Å². The van der Waals surface area contributed by atoms with Gasteiger partial charge in [-0.3, -0.25) is 15.3 Å². The molecule has 2 aliphatic rings. The van der Waals surface area contributed by atoms with Gasteiger partial charge in [0.2, 0.25) is 0 Å². The van der Waals surface area contributed by atoms with Crippen molar-refractivity contribution in [1.29, 1.82) is 0 Å². The molecule has 2 aliphatic heterocycles. The largest absolute Gasteiger partial charge is 0.445 e. The summed E-state index contributed by atoms with van der Waals surface area (Å²) in [6.45, 7) is 3.32. The summed E-state index contributed by atoms with van der Waals surface area (Å²) < 4.78 is 5.38. The van der Waals surface area contributed by atoms with Gasteiger partial charge in [-0.2, -0.15) is 0 Å². The Morgan fingerprint density at radius 3 is 2.78 bits per heavy atom. The number of nitrogens with zero attached hydrogens (tertiary/aromatic N) is 2. The Balaban J connectivity index is 1.38. The third kappa shape index (κ3) is 4.69. The molecule has 0 atom stereocenters. The molecule has 1 amide bonds.